The van der Waals surface area contributed by atoms with Crippen molar-refractivity contribution in [1.29, 1.82) is 0 Å². The fraction of sp³-hybridized carbons (Fsp3) is 0. The molecule has 8 heteroatoms. The van der Waals surface area contributed by atoms with E-state index in [0.29, 0.717) is 10.8 Å². The second kappa shape index (κ2) is 6.52. The van der Waals surface area contributed by atoms with Crippen LogP contribution in [0.1, 0.15) is 0 Å². The van der Waals surface area contributed by atoms with E-state index in [1.807, 2.05) is 0 Å². The van der Waals surface area contributed by atoms with Crippen LogP contribution in [0.4, 0.5) is 0 Å². The molecule has 0 bridgehead atoms. The van der Waals surface area contributed by atoms with Gasteiger partial charge in [-0.3, -0.25) is 0 Å². The molecule has 0 fully saturated rings. The summed E-state index contributed by atoms with van der Waals surface area (Å²) in [5.74, 6) is -2.38. The van der Waals surface area contributed by atoms with Crippen molar-refractivity contribution in [2.24, 2.45) is 0 Å². The molecule has 0 radical (unpaired) electrons. The van der Waals surface area contributed by atoms with Gasteiger partial charge in [0.1, 0.15) is 11.2 Å². The summed E-state index contributed by atoms with van der Waals surface area (Å²) in [7, 11) is 0. The molecule has 8 nitrogen and oxygen atoms in total. The molecule has 4 aromatic rings. The first-order valence-electron chi connectivity index (χ1n) is 7.27. The van der Waals surface area contributed by atoms with Gasteiger partial charge in [0.05, 0.1) is 10.8 Å². The van der Waals surface area contributed by atoms with E-state index in [1.54, 1.807) is 36.4 Å². The van der Waals surface area contributed by atoms with Gasteiger partial charge in [0.2, 0.25) is 11.5 Å². The summed E-state index contributed by atoms with van der Waals surface area (Å²) in [4.78, 5) is 21.8. The second-order valence-corrected chi connectivity index (χ2v) is 5.17. The predicted octanol–water partition coefficient (Wildman–Crippen LogP) is 2.41. The number of rotatable bonds is 0. The molecule has 0 atom stereocenters. The Kier molecular flexibility index (Phi) is 4.24. The molecule has 4 rings (SSSR count). The lowest BCUT2D eigenvalue weighted by atomic mass is 10.2. The van der Waals surface area contributed by atoms with E-state index in [4.69, 9.17) is 19.0 Å². The molecule has 0 unspecified atom stereocenters. The number of fused-ring (bicyclic) bond motifs is 2. The summed E-state index contributed by atoms with van der Waals surface area (Å²) in [5, 5.41) is 37.4. The number of benzene rings is 2. The monoisotopic (exact) mass is 356 g/mol. The molecule has 0 aliphatic carbocycles. The molecular weight excluding hydrogens is 344 g/mol. The van der Waals surface area contributed by atoms with E-state index in [1.165, 1.54) is 12.1 Å². The topological polar surface area (TPSA) is 141 Å². The highest BCUT2D eigenvalue weighted by atomic mass is 16.4. The third kappa shape index (κ3) is 2.91. The molecule has 132 valence electrons. The maximum atomic E-state index is 10.9. The Labute approximate surface area is 144 Å². The van der Waals surface area contributed by atoms with Gasteiger partial charge >= 0.3 is 11.3 Å². The Bertz CT molecular complexity index is 1120. The summed E-state index contributed by atoms with van der Waals surface area (Å²) in [6.07, 6.45) is 0. The first-order chi connectivity index (χ1) is 12.4. The Hall–Kier alpha value is -3.94. The van der Waals surface area contributed by atoms with Crippen LogP contribution >= 0.6 is 0 Å². The van der Waals surface area contributed by atoms with Gasteiger partial charge in [-0.2, -0.15) is 0 Å². The molecule has 0 saturated heterocycles. The molecule has 0 aliphatic heterocycles. The van der Waals surface area contributed by atoms with Crippen molar-refractivity contribution < 1.29 is 29.3 Å². The van der Waals surface area contributed by atoms with Gasteiger partial charge in [0.15, 0.2) is 11.5 Å². The van der Waals surface area contributed by atoms with Crippen LogP contribution in [0.3, 0.4) is 0 Å². The van der Waals surface area contributed by atoms with Crippen molar-refractivity contribution in [3.8, 4) is 23.0 Å². The normalized spacial score (nSPS) is 10.5. The zero-order chi connectivity index (χ0) is 18.8. The molecular formula is C18H12O8. The molecule has 2 aromatic heterocycles. The van der Waals surface area contributed by atoms with E-state index in [2.05, 4.69) is 0 Å². The molecule has 26 heavy (non-hydrogen) atoms. The minimum absolute atomic E-state index is 0.253. The zero-order valence-corrected chi connectivity index (χ0v) is 13.0. The Balaban J connectivity index is 0.000000151. The summed E-state index contributed by atoms with van der Waals surface area (Å²) in [6.45, 7) is 0. The van der Waals surface area contributed by atoms with Crippen molar-refractivity contribution in [1.82, 2.24) is 0 Å². The van der Waals surface area contributed by atoms with Crippen LogP contribution < -0.4 is 11.3 Å². The molecule has 0 saturated carbocycles. The van der Waals surface area contributed by atoms with Crippen LogP contribution in [-0.4, -0.2) is 20.4 Å². The largest absolute Gasteiger partial charge is 0.504 e. The van der Waals surface area contributed by atoms with Crippen molar-refractivity contribution in [2.75, 3.05) is 0 Å². The average molecular weight is 356 g/mol. The number of hydrogen-bond donors (Lipinski definition) is 4. The van der Waals surface area contributed by atoms with E-state index in [-0.39, 0.29) is 11.2 Å². The fourth-order valence-electron chi connectivity index (χ4n) is 2.25. The van der Waals surface area contributed by atoms with Crippen molar-refractivity contribution in [3.63, 3.8) is 0 Å². The molecule has 0 spiro atoms. The van der Waals surface area contributed by atoms with E-state index < -0.39 is 34.2 Å². The van der Waals surface area contributed by atoms with Crippen LogP contribution in [0.5, 0.6) is 23.0 Å². The van der Waals surface area contributed by atoms with Crippen LogP contribution in [-0.2, 0) is 0 Å². The van der Waals surface area contributed by atoms with Crippen molar-refractivity contribution in [2.45, 2.75) is 0 Å². The van der Waals surface area contributed by atoms with Crippen LogP contribution in [0.2, 0.25) is 0 Å². The van der Waals surface area contributed by atoms with Crippen LogP contribution in [0, 0.1) is 0 Å². The van der Waals surface area contributed by atoms with Gasteiger partial charge < -0.3 is 29.3 Å². The smallest absolute Gasteiger partial charge is 0.382 e. The number of aromatic hydroxyl groups is 4. The van der Waals surface area contributed by atoms with Crippen LogP contribution in [0.15, 0.2) is 67.0 Å². The third-order valence-corrected chi connectivity index (χ3v) is 3.52. The lowest BCUT2D eigenvalue weighted by Gasteiger charge is -1.99. The van der Waals surface area contributed by atoms with Gasteiger partial charge in [-0.1, -0.05) is 24.3 Å². The van der Waals surface area contributed by atoms with Gasteiger partial charge in [-0.15, -0.1) is 0 Å². The van der Waals surface area contributed by atoms with Gasteiger partial charge in [0, 0.05) is 0 Å². The number of hydrogen-bond acceptors (Lipinski definition) is 8. The summed E-state index contributed by atoms with van der Waals surface area (Å²) in [6, 6.07) is 12.8. The zero-order valence-electron chi connectivity index (χ0n) is 13.0. The standard InChI is InChI=1S/2C9H6O4/c2*10-7-5-3-1-2-4-6(5)13-9(12)8(7)11/h2*1-4,10-11H. The average Bonchev–Trinajstić information content (AvgIpc) is 2.65. The molecule has 0 aliphatic rings. The lowest BCUT2D eigenvalue weighted by Crippen LogP contribution is -1.97. The minimum Gasteiger partial charge on any atom is -0.504 e. The summed E-state index contributed by atoms with van der Waals surface area (Å²) in [5.41, 5.74) is -1.36. The molecule has 2 aromatic carbocycles. The second-order valence-electron chi connectivity index (χ2n) is 5.17. The van der Waals surface area contributed by atoms with Gasteiger partial charge in [-0.05, 0) is 24.3 Å². The summed E-state index contributed by atoms with van der Waals surface area (Å²) < 4.78 is 9.42. The maximum Gasteiger partial charge on any atom is 0.382 e. The third-order valence-electron chi connectivity index (χ3n) is 3.52. The molecule has 4 N–H and O–H groups in total. The first kappa shape index (κ1) is 16.9. The van der Waals surface area contributed by atoms with Gasteiger partial charge in [-0.25, -0.2) is 9.59 Å². The Morgan fingerprint density at radius 1 is 0.538 bits per heavy atom. The minimum atomic E-state index is -0.934. The molecule has 2 heterocycles. The maximum absolute atomic E-state index is 10.9. The Morgan fingerprint density at radius 3 is 1.27 bits per heavy atom. The highest BCUT2D eigenvalue weighted by Crippen LogP contribution is 2.30. The van der Waals surface area contributed by atoms with E-state index >= 15 is 0 Å². The van der Waals surface area contributed by atoms with E-state index in [9.17, 15) is 19.8 Å². The number of para-hydroxylation sites is 2. The fourth-order valence-corrected chi connectivity index (χ4v) is 2.25. The predicted molar refractivity (Wildman–Crippen MR) is 91.6 cm³/mol. The van der Waals surface area contributed by atoms with E-state index in [0.717, 1.165) is 0 Å². The Morgan fingerprint density at radius 2 is 0.885 bits per heavy atom. The van der Waals surface area contributed by atoms with Crippen molar-refractivity contribution in [3.05, 3.63) is 69.4 Å². The lowest BCUT2D eigenvalue weighted by molar-refractivity contribution is 0.378. The first-order valence-corrected chi connectivity index (χ1v) is 7.27. The SMILES string of the molecule is O=c1oc2ccccc2c(O)c1O.O=c1oc2ccccc2c(O)c1O. The summed E-state index contributed by atoms with van der Waals surface area (Å²) >= 11 is 0. The quantitative estimate of drug-likeness (QED) is 0.352. The van der Waals surface area contributed by atoms with Crippen LogP contribution in [0.25, 0.3) is 21.9 Å². The van der Waals surface area contributed by atoms with Crippen molar-refractivity contribution >= 4 is 21.9 Å². The molecule has 0 amide bonds. The highest BCUT2D eigenvalue weighted by Gasteiger charge is 2.11. The van der Waals surface area contributed by atoms with Gasteiger partial charge in [0.25, 0.3) is 0 Å². The highest BCUT2D eigenvalue weighted by molar-refractivity contribution is 5.85.